The van der Waals surface area contributed by atoms with E-state index in [-0.39, 0.29) is 4.90 Å². The van der Waals surface area contributed by atoms with Gasteiger partial charge in [0.2, 0.25) is 0 Å². The Labute approximate surface area is 112 Å². The highest BCUT2D eigenvalue weighted by atomic mass is 32.2. The Morgan fingerprint density at radius 1 is 1.37 bits per heavy atom. The summed E-state index contributed by atoms with van der Waals surface area (Å²) in [7, 11) is -3.27. The first-order valence-corrected chi connectivity index (χ1v) is 7.84. The van der Waals surface area contributed by atoms with Crippen LogP contribution in [0.3, 0.4) is 0 Å². The first kappa shape index (κ1) is 13.8. The molecule has 0 saturated carbocycles. The molecule has 1 atom stereocenters. The van der Waals surface area contributed by atoms with Gasteiger partial charge in [-0.3, -0.25) is 0 Å². The fraction of sp³-hybridized carbons (Fsp3) is 0.308. The molecule has 0 aliphatic rings. The van der Waals surface area contributed by atoms with E-state index in [0.29, 0.717) is 12.1 Å². The van der Waals surface area contributed by atoms with Crippen LogP contribution in [0.4, 0.5) is 0 Å². The molecule has 19 heavy (non-hydrogen) atoms. The van der Waals surface area contributed by atoms with Gasteiger partial charge < -0.3 is 5.11 Å². The Balaban J connectivity index is 2.51. The van der Waals surface area contributed by atoms with Crippen molar-refractivity contribution < 1.29 is 13.5 Å². The molecule has 1 aromatic heterocycles. The molecule has 0 radical (unpaired) electrons. The van der Waals surface area contributed by atoms with E-state index in [9.17, 15) is 13.5 Å². The van der Waals surface area contributed by atoms with Crippen LogP contribution in [0.2, 0.25) is 0 Å². The van der Waals surface area contributed by atoms with E-state index in [1.807, 2.05) is 25.1 Å². The van der Waals surface area contributed by atoms with E-state index < -0.39 is 15.9 Å². The van der Waals surface area contributed by atoms with Crippen LogP contribution >= 0.6 is 0 Å². The lowest BCUT2D eigenvalue weighted by Crippen LogP contribution is -2.04. The molecule has 2 aromatic rings. The van der Waals surface area contributed by atoms with Gasteiger partial charge in [0.25, 0.3) is 0 Å². The normalized spacial score (nSPS) is 13.4. The predicted molar refractivity (Wildman–Crippen MR) is 71.9 cm³/mol. The summed E-state index contributed by atoms with van der Waals surface area (Å²) < 4.78 is 24.4. The van der Waals surface area contributed by atoms with Crippen LogP contribution < -0.4 is 0 Å². The van der Waals surface area contributed by atoms with Crippen LogP contribution in [-0.4, -0.2) is 29.6 Å². The second-order valence-electron chi connectivity index (χ2n) is 4.38. The highest BCUT2D eigenvalue weighted by Crippen LogP contribution is 2.24. The van der Waals surface area contributed by atoms with Gasteiger partial charge in [0.15, 0.2) is 9.84 Å². The Morgan fingerprint density at radius 3 is 2.63 bits per heavy atom. The molecular formula is C13H16N2O3S. The third kappa shape index (κ3) is 2.85. The molecule has 6 heteroatoms. The molecule has 1 N–H and O–H groups in total. The monoisotopic (exact) mass is 280 g/mol. The minimum absolute atomic E-state index is 0.160. The summed E-state index contributed by atoms with van der Waals surface area (Å²) >= 11 is 0. The van der Waals surface area contributed by atoms with E-state index in [1.54, 1.807) is 6.07 Å². The van der Waals surface area contributed by atoms with Gasteiger partial charge in [-0.15, -0.1) is 0 Å². The maximum atomic E-state index is 11.4. The number of nitrogens with zero attached hydrogens (tertiary/aromatic N) is 2. The molecular weight excluding hydrogens is 264 g/mol. The molecule has 0 aliphatic heterocycles. The van der Waals surface area contributed by atoms with Crippen molar-refractivity contribution in [3.63, 3.8) is 0 Å². The maximum absolute atomic E-state index is 11.4. The number of rotatable bonds is 4. The molecule has 0 bridgehead atoms. The molecule has 0 aliphatic carbocycles. The second-order valence-corrected chi connectivity index (χ2v) is 6.39. The van der Waals surface area contributed by atoms with Crippen molar-refractivity contribution in [1.29, 1.82) is 0 Å². The fourth-order valence-electron chi connectivity index (χ4n) is 1.83. The fourth-order valence-corrected chi connectivity index (χ4v) is 2.36. The largest absolute Gasteiger partial charge is 0.388 e. The second kappa shape index (κ2) is 5.14. The van der Waals surface area contributed by atoms with E-state index in [2.05, 4.69) is 5.10 Å². The number of aliphatic hydroxyl groups excluding tert-OH is 1. The van der Waals surface area contributed by atoms with Crippen LogP contribution in [0.5, 0.6) is 0 Å². The summed E-state index contributed by atoms with van der Waals surface area (Å²) in [5, 5.41) is 14.0. The number of hydrogen-bond donors (Lipinski definition) is 1. The molecule has 0 amide bonds. The smallest absolute Gasteiger partial charge is 0.178 e. The summed E-state index contributed by atoms with van der Waals surface area (Å²) in [4.78, 5) is 0.160. The third-order valence-electron chi connectivity index (χ3n) is 2.92. The van der Waals surface area contributed by atoms with Crippen molar-refractivity contribution in [2.75, 3.05) is 6.26 Å². The van der Waals surface area contributed by atoms with Gasteiger partial charge in [0.05, 0.1) is 18.0 Å². The quantitative estimate of drug-likeness (QED) is 0.925. The van der Waals surface area contributed by atoms with E-state index in [0.717, 1.165) is 11.8 Å². The van der Waals surface area contributed by atoms with Crippen LogP contribution in [0.15, 0.2) is 41.6 Å². The topological polar surface area (TPSA) is 72.2 Å². The summed E-state index contributed by atoms with van der Waals surface area (Å²) in [5.74, 6) is 0. The Kier molecular flexibility index (Phi) is 3.73. The highest BCUT2D eigenvalue weighted by molar-refractivity contribution is 7.90. The molecule has 102 valence electrons. The lowest BCUT2D eigenvalue weighted by Gasteiger charge is -2.13. The SMILES string of the molecule is CC[C@H](O)c1ccccc1-n1cc(S(C)(=O)=O)cn1. The van der Waals surface area contributed by atoms with E-state index >= 15 is 0 Å². The van der Waals surface area contributed by atoms with Gasteiger partial charge in [-0.05, 0) is 12.5 Å². The molecule has 5 nitrogen and oxygen atoms in total. The first-order valence-electron chi connectivity index (χ1n) is 5.95. The van der Waals surface area contributed by atoms with Gasteiger partial charge >= 0.3 is 0 Å². The average molecular weight is 280 g/mol. The van der Waals surface area contributed by atoms with Gasteiger partial charge in [0, 0.05) is 18.0 Å². The van der Waals surface area contributed by atoms with Crippen molar-refractivity contribution in [2.24, 2.45) is 0 Å². The van der Waals surface area contributed by atoms with Crippen molar-refractivity contribution in [3.05, 3.63) is 42.2 Å². The van der Waals surface area contributed by atoms with Crippen molar-refractivity contribution >= 4 is 9.84 Å². The summed E-state index contributed by atoms with van der Waals surface area (Å²) in [6.07, 6.45) is 3.89. The number of hydrogen-bond acceptors (Lipinski definition) is 4. The summed E-state index contributed by atoms with van der Waals surface area (Å²) in [5.41, 5.74) is 1.42. The molecule has 1 aromatic carbocycles. The summed E-state index contributed by atoms with van der Waals surface area (Å²) in [6, 6.07) is 7.26. The maximum Gasteiger partial charge on any atom is 0.178 e. The Hall–Kier alpha value is -1.66. The van der Waals surface area contributed by atoms with Gasteiger partial charge in [-0.1, -0.05) is 25.1 Å². The van der Waals surface area contributed by atoms with Crippen molar-refractivity contribution in [3.8, 4) is 5.69 Å². The van der Waals surface area contributed by atoms with Crippen LogP contribution in [0.1, 0.15) is 25.0 Å². The summed E-state index contributed by atoms with van der Waals surface area (Å²) in [6.45, 7) is 1.88. The van der Waals surface area contributed by atoms with E-state index in [1.165, 1.54) is 17.1 Å². The zero-order valence-electron chi connectivity index (χ0n) is 10.8. The van der Waals surface area contributed by atoms with Crippen molar-refractivity contribution in [1.82, 2.24) is 9.78 Å². The predicted octanol–water partition coefficient (Wildman–Crippen LogP) is 1.72. The van der Waals surface area contributed by atoms with Crippen molar-refractivity contribution in [2.45, 2.75) is 24.3 Å². The van der Waals surface area contributed by atoms with Crippen LogP contribution in [0.25, 0.3) is 5.69 Å². The van der Waals surface area contributed by atoms with E-state index in [4.69, 9.17) is 0 Å². The number of aromatic nitrogens is 2. The number of aliphatic hydroxyl groups is 1. The minimum Gasteiger partial charge on any atom is -0.388 e. The lowest BCUT2D eigenvalue weighted by molar-refractivity contribution is 0.173. The first-order chi connectivity index (χ1) is 8.93. The van der Waals surface area contributed by atoms with Gasteiger partial charge in [0.1, 0.15) is 4.90 Å². The zero-order valence-corrected chi connectivity index (χ0v) is 11.6. The molecule has 0 fully saturated rings. The molecule has 0 spiro atoms. The number of sulfone groups is 1. The Morgan fingerprint density at radius 2 is 2.05 bits per heavy atom. The lowest BCUT2D eigenvalue weighted by atomic mass is 10.1. The molecule has 0 saturated heterocycles. The van der Waals surface area contributed by atoms with Gasteiger partial charge in [-0.2, -0.15) is 5.10 Å². The van der Waals surface area contributed by atoms with Crippen LogP contribution in [-0.2, 0) is 9.84 Å². The third-order valence-corrected chi connectivity index (χ3v) is 3.98. The Bertz CT molecular complexity index is 677. The molecule has 2 rings (SSSR count). The zero-order chi connectivity index (χ0) is 14.0. The molecule has 0 unspecified atom stereocenters. The average Bonchev–Trinajstić information content (AvgIpc) is 2.87. The molecule has 1 heterocycles. The highest BCUT2D eigenvalue weighted by Gasteiger charge is 2.15. The van der Waals surface area contributed by atoms with Gasteiger partial charge in [-0.25, -0.2) is 13.1 Å². The van der Waals surface area contributed by atoms with Crippen LogP contribution in [0, 0.1) is 0 Å². The minimum atomic E-state index is -3.27. The number of para-hydroxylation sites is 1. The standard InChI is InChI=1S/C13H16N2O3S/c1-3-13(16)11-6-4-5-7-12(11)15-9-10(8-14-15)19(2,17)18/h4-9,13,16H,3H2,1-2H3/t13-/m0/s1. The number of benzene rings is 1.